The van der Waals surface area contributed by atoms with Gasteiger partial charge in [-0.05, 0) is 36.5 Å². The number of nitriles is 1. The highest BCUT2D eigenvalue weighted by atomic mass is 32.2. The minimum atomic E-state index is -3.63. The number of sulfonamides is 1. The summed E-state index contributed by atoms with van der Waals surface area (Å²) in [4.78, 5) is -0.00694. The largest absolute Gasteiger partial charge is 0.399 e. The standard InChI is InChI=1S/C12H15N3O2S/c1-8-4-10(8)7-15-18(16,17)12-3-2-11(14)5-9(12)6-13/h2-3,5,8,10,15H,4,7,14H2,1H3. The number of benzene rings is 1. The van der Waals surface area contributed by atoms with Gasteiger partial charge in [-0.3, -0.25) is 0 Å². The number of nitrogens with two attached hydrogens (primary N) is 1. The van der Waals surface area contributed by atoms with Gasteiger partial charge in [0, 0.05) is 12.2 Å². The van der Waals surface area contributed by atoms with Crippen molar-refractivity contribution < 1.29 is 8.42 Å². The molecule has 0 saturated heterocycles. The Kier molecular flexibility index (Phi) is 3.28. The zero-order chi connectivity index (χ0) is 13.3. The smallest absolute Gasteiger partial charge is 0.241 e. The second kappa shape index (κ2) is 4.59. The van der Waals surface area contributed by atoms with Gasteiger partial charge in [0.2, 0.25) is 10.0 Å². The Bertz CT molecular complexity index is 604. The SMILES string of the molecule is CC1CC1CNS(=O)(=O)c1ccc(N)cc1C#N. The van der Waals surface area contributed by atoms with E-state index < -0.39 is 10.0 Å². The summed E-state index contributed by atoms with van der Waals surface area (Å²) in [6, 6.07) is 6.07. The summed E-state index contributed by atoms with van der Waals surface area (Å²) in [6.45, 7) is 2.52. The molecular weight excluding hydrogens is 250 g/mol. The van der Waals surface area contributed by atoms with Gasteiger partial charge in [0.1, 0.15) is 6.07 Å². The Hall–Kier alpha value is -1.58. The van der Waals surface area contributed by atoms with E-state index in [1.54, 1.807) is 0 Å². The first-order valence-electron chi connectivity index (χ1n) is 5.73. The fourth-order valence-corrected chi connectivity index (χ4v) is 3.08. The van der Waals surface area contributed by atoms with Crippen molar-refractivity contribution in [2.45, 2.75) is 18.2 Å². The molecule has 1 aliphatic carbocycles. The van der Waals surface area contributed by atoms with Crippen LogP contribution in [0.25, 0.3) is 0 Å². The minimum absolute atomic E-state index is 0.00694. The van der Waals surface area contributed by atoms with E-state index in [1.807, 2.05) is 6.07 Å². The summed E-state index contributed by atoms with van der Waals surface area (Å²) >= 11 is 0. The van der Waals surface area contributed by atoms with Gasteiger partial charge >= 0.3 is 0 Å². The maximum Gasteiger partial charge on any atom is 0.241 e. The van der Waals surface area contributed by atoms with Crippen LogP contribution in [0.3, 0.4) is 0 Å². The topological polar surface area (TPSA) is 96.0 Å². The monoisotopic (exact) mass is 265 g/mol. The fourth-order valence-electron chi connectivity index (χ4n) is 1.85. The lowest BCUT2D eigenvalue weighted by Crippen LogP contribution is -2.27. The average molecular weight is 265 g/mol. The Morgan fingerprint density at radius 1 is 1.56 bits per heavy atom. The van der Waals surface area contributed by atoms with E-state index >= 15 is 0 Å². The molecule has 96 valence electrons. The van der Waals surface area contributed by atoms with Gasteiger partial charge in [0.15, 0.2) is 0 Å². The first-order chi connectivity index (χ1) is 8.44. The van der Waals surface area contributed by atoms with Crippen molar-refractivity contribution in [1.82, 2.24) is 4.72 Å². The molecule has 18 heavy (non-hydrogen) atoms. The Morgan fingerprint density at radius 3 is 2.78 bits per heavy atom. The van der Waals surface area contributed by atoms with Crippen molar-refractivity contribution in [1.29, 1.82) is 5.26 Å². The highest BCUT2D eigenvalue weighted by molar-refractivity contribution is 7.89. The molecule has 0 bridgehead atoms. The number of hydrogen-bond acceptors (Lipinski definition) is 4. The van der Waals surface area contributed by atoms with E-state index in [0.29, 0.717) is 24.1 Å². The lowest BCUT2D eigenvalue weighted by molar-refractivity contribution is 0.574. The van der Waals surface area contributed by atoms with Gasteiger partial charge in [0.05, 0.1) is 10.5 Å². The molecule has 1 aromatic carbocycles. The highest BCUT2D eigenvalue weighted by Crippen LogP contribution is 2.37. The van der Waals surface area contributed by atoms with Crippen LogP contribution in [-0.4, -0.2) is 15.0 Å². The summed E-state index contributed by atoms with van der Waals surface area (Å²) in [7, 11) is -3.63. The maximum atomic E-state index is 12.1. The Morgan fingerprint density at radius 2 is 2.22 bits per heavy atom. The summed E-state index contributed by atoms with van der Waals surface area (Å²) in [5, 5.41) is 8.94. The zero-order valence-corrected chi connectivity index (χ0v) is 10.9. The van der Waals surface area contributed by atoms with Crippen LogP contribution in [-0.2, 0) is 10.0 Å². The number of anilines is 1. The van der Waals surface area contributed by atoms with Crippen LogP contribution in [0.2, 0.25) is 0 Å². The van der Waals surface area contributed by atoms with Crippen LogP contribution in [0.4, 0.5) is 5.69 Å². The van der Waals surface area contributed by atoms with Crippen molar-refractivity contribution >= 4 is 15.7 Å². The number of rotatable bonds is 4. The molecule has 0 amide bonds. The number of nitrogens with one attached hydrogen (secondary N) is 1. The van der Waals surface area contributed by atoms with Crippen LogP contribution >= 0.6 is 0 Å². The molecule has 2 atom stereocenters. The molecule has 0 aromatic heterocycles. The molecule has 5 nitrogen and oxygen atoms in total. The lowest BCUT2D eigenvalue weighted by atomic mass is 10.2. The molecule has 0 aliphatic heterocycles. The van der Waals surface area contributed by atoms with Crippen LogP contribution in [0, 0.1) is 23.2 Å². The molecule has 1 saturated carbocycles. The van der Waals surface area contributed by atoms with Gasteiger partial charge < -0.3 is 5.73 Å². The first kappa shape index (κ1) is 12.9. The van der Waals surface area contributed by atoms with Gasteiger partial charge in [-0.2, -0.15) is 5.26 Å². The first-order valence-corrected chi connectivity index (χ1v) is 7.21. The molecule has 6 heteroatoms. The molecule has 0 radical (unpaired) electrons. The van der Waals surface area contributed by atoms with Gasteiger partial charge in [-0.15, -0.1) is 0 Å². The minimum Gasteiger partial charge on any atom is -0.399 e. The Balaban J connectivity index is 2.21. The lowest BCUT2D eigenvalue weighted by Gasteiger charge is -2.08. The molecule has 1 aromatic rings. The molecule has 0 spiro atoms. The van der Waals surface area contributed by atoms with Gasteiger partial charge in [0.25, 0.3) is 0 Å². The predicted molar refractivity (Wildman–Crippen MR) is 68.0 cm³/mol. The number of hydrogen-bond donors (Lipinski definition) is 2. The molecule has 2 rings (SSSR count). The molecule has 1 aliphatic rings. The second-order valence-corrected chi connectivity index (χ2v) is 6.43. The number of nitrogens with zero attached hydrogens (tertiary/aromatic N) is 1. The Labute approximate surface area is 107 Å². The van der Waals surface area contributed by atoms with Gasteiger partial charge in [-0.1, -0.05) is 6.92 Å². The maximum absolute atomic E-state index is 12.1. The predicted octanol–water partition coefficient (Wildman–Crippen LogP) is 1.07. The van der Waals surface area contributed by atoms with Crippen molar-refractivity contribution in [2.75, 3.05) is 12.3 Å². The molecule has 3 N–H and O–H groups in total. The fraction of sp³-hybridized carbons (Fsp3) is 0.417. The summed E-state index contributed by atoms with van der Waals surface area (Å²) in [6.07, 6.45) is 1.05. The zero-order valence-electron chi connectivity index (χ0n) is 10.1. The van der Waals surface area contributed by atoms with E-state index in [-0.39, 0.29) is 10.5 Å². The molecule has 1 fully saturated rings. The molecular formula is C12H15N3O2S. The summed E-state index contributed by atoms with van der Waals surface area (Å²) in [5.41, 5.74) is 5.98. The summed E-state index contributed by atoms with van der Waals surface area (Å²) in [5.74, 6) is 0.994. The van der Waals surface area contributed by atoms with Crippen molar-refractivity contribution in [3.8, 4) is 6.07 Å². The van der Waals surface area contributed by atoms with E-state index in [1.165, 1.54) is 18.2 Å². The third-order valence-corrected chi connectivity index (χ3v) is 4.71. The van der Waals surface area contributed by atoms with E-state index in [4.69, 9.17) is 11.0 Å². The molecule has 0 heterocycles. The van der Waals surface area contributed by atoms with Crippen molar-refractivity contribution in [3.63, 3.8) is 0 Å². The van der Waals surface area contributed by atoms with Crippen LogP contribution in [0.15, 0.2) is 23.1 Å². The van der Waals surface area contributed by atoms with E-state index in [0.717, 1.165) is 6.42 Å². The summed E-state index contributed by atoms with van der Waals surface area (Å²) < 4.78 is 26.7. The van der Waals surface area contributed by atoms with E-state index in [9.17, 15) is 8.42 Å². The van der Waals surface area contributed by atoms with Crippen molar-refractivity contribution in [2.24, 2.45) is 11.8 Å². The van der Waals surface area contributed by atoms with Crippen LogP contribution in [0.5, 0.6) is 0 Å². The van der Waals surface area contributed by atoms with Crippen LogP contribution < -0.4 is 10.5 Å². The highest BCUT2D eigenvalue weighted by Gasteiger charge is 2.33. The molecule has 2 unspecified atom stereocenters. The normalized spacial score (nSPS) is 22.4. The van der Waals surface area contributed by atoms with Gasteiger partial charge in [-0.25, -0.2) is 13.1 Å². The second-order valence-electron chi connectivity index (χ2n) is 4.69. The van der Waals surface area contributed by atoms with Crippen LogP contribution in [0.1, 0.15) is 18.9 Å². The number of nitrogen functional groups attached to an aromatic ring is 1. The average Bonchev–Trinajstić information content (AvgIpc) is 3.02. The quantitative estimate of drug-likeness (QED) is 0.796. The third kappa shape index (κ3) is 2.63. The van der Waals surface area contributed by atoms with E-state index in [2.05, 4.69) is 11.6 Å². The van der Waals surface area contributed by atoms with Crippen molar-refractivity contribution in [3.05, 3.63) is 23.8 Å². The third-order valence-electron chi connectivity index (χ3n) is 3.23.